The van der Waals surface area contributed by atoms with Gasteiger partial charge in [0.2, 0.25) is 5.95 Å². The molecule has 1 aromatic heterocycles. The predicted octanol–water partition coefficient (Wildman–Crippen LogP) is 1.99. The summed E-state index contributed by atoms with van der Waals surface area (Å²) in [5.74, 6) is 0.807. The molecular weight excluding hydrogens is 194 g/mol. The number of halogens is 1. The zero-order chi connectivity index (χ0) is 7.56. The van der Waals surface area contributed by atoms with E-state index in [1.807, 2.05) is 0 Å². The quantitative estimate of drug-likeness (QED) is 0.773. The van der Waals surface area contributed by atoms with Crippen LogP contribution in [0.5, 0.6) is 0 Å². The first-order valence-electron chi connectivity index (χ1n) is 3.15. The third-order valence-corrected chi connectivity index (χ3v) is 1.37. The summed E-state index contributed by atoms with van der Waals surface area (Å²) in [6.45, 7) is 4.13. The molecule has 10 heavy (non-hydrogen) atoms. The first kappa shape index (κ1) is 7.60. The van der Waals surface area contributed by atoms with E-state index in [1.54, 1.807) is 6.20 Å². The number of H-pyrrole nitrogens is 1. The third kappa shape index (κ3) is 2.02. The minimum Gasteiger partial charge on any atom is -0.354 e. The van der Waals surface area contributed by atoms with E-state index < -0.39 is 0 Å². The van der Waals surface area contributed by atoms with E-state index in [-0.39, 0.29) is 0 Å². The summed E-state index contributed by atoms with van der Waals surface area (Å²) < 4.78 is 0.899. The van der Waals surface area contributed by atoms with Gasteiger partial charge in [0.15, 0.2) is 0 Å². The van der Waals surface area contributed by atoms with Crippen LogP contribution in [0.15, 0.2) is 10.8 Å². The topological polar surface area (TPSA) is 40.7 Å². The van der Waals surface area contributed by atoms with E-state index in [1.165, 1.54) is 0 Å². The smallest absolute Gasteiger partial charge is 0.201 e. The van der Waals surface area contributed by atoms with Gasteiger partial charge >= 0.3 is 0 Å². The summed E-state index contributed by atoms with van der Waals surface area (Å²) in [5, 5.41) is 3.13. The molecule has 0 aromatic carbocycles. The second kappa shape index (κ2) is 3.05. The van der Waals surface area contributed by atoms with Gasteiger partial charge in [-0.1, -0.05) is 0 Å². The van der Waals surface area contributed by atoms with Crippen LogP contribution in [0.2, 0.25) is 0 Å². The molecule has 1 heterocycles. The number of anilines is 1. The second-order valence-electron chi connectivity index (χ2n) is 2.38. The van der Waals surface area contributed by atoms with Gasteiger partial charge in [0, 0.05) is 6.04 Å². The number of aromatic nitrogens is 2. The van der Waals surface area contributed by atoms with Crippen molar-refractivity contribution in [1.29, 1.82) is 0 Å². The molecule has 0 aliphatic rings. The molecule has 0 amide bonds. The molecule has 3 nitrogen and oxygen atoms in total. The Hall–Kier alpha value is -0.510. The van der Waals surface area contributed by atoms with E-state index in [0.29, 0.717) is 6.04 Å². The molecule has 1 aromatic rings. The van der Waals surface area contributed by atoms with Crippen LogP contribution in [0.1, 0.15) is 13.8 Å². The molecule has 0 aliphatic carbocycles. The molecule has 0 fully saturated rings. The normalized spacial score (nSPS) is 10.4. The van der Waals surface area contributed by atoms with Crippen molar-refractivity contribution in [3.63, 3.8) is 0 Å². The summed E-state index contributed by atoms with van der Waals surface area (Å²) in [4.78, 5) is 7.04. The third-order valence-electron chi connectivity index (χ3n) is 0.970. The number of hydrogen-bond donors (Lipinski definition) is 2. The molecule has 0 aliphatic heterocycles. The Morgan fingerprint density at radius 1 is 1.70 bits per heavy atom. The van der Waals surface area contributed by atoms with Crippen LogP contribution >= 0.6 is 15.9 Å². The maximum absolute atomic E-state index is 4.04. The van der Waals surface area contributed by atoms with E-state index >= 15 is 0 Å². The fourth-order valence-corrected chi connectivity index (χ4v) is 0.936. The molecule has 56 valence electrons. The number of rotatable bonds is 2. The monoisotopic (exact) mass is 203 g/mol. The Balaban J connectivity index is 2.58. The maximum Gasteiger partial charge on any atom is 0.201 e. The van der Waals surface area contributed by atoms with E-state index in [4.69, 9.17) is 0 Å². The fraction of sp³-hybridized carbons (Fsp3) is 0.500. The van der Waals surface area contributed by atoms with Gasteiger partial charge in [-0.3, -0.25) is 0 Å². The van der Waals surface area contributed by atoms with E-state index in [2.05, 4.69) is 45.1 Å². The minimum absolute atomic E-state index is 0.415. The molecule has 0 bridgehead atoms. The van der Waals surface area contributed by atoms with Gasteiger partial charge in [0.25, 0.3) is 0 Å². The van der Waals surface area contributed by atoms with Gasteiger partial charge in [-0.25, -0.2) is 4.98 Å². The van der Waals surface area contributed by atoms with Crippen LogP contribution in [0.4, 0.5) is 5.95 Å². The zero-order valence-electron chi connectivity index (χ0n) is 5.98. The second-order valence-corrected chi connectivity index (χ2v) is 3.23. The first-order valence-corrected chi connectivity index (χ1v) is 3.95. The number of imidazole rings is 1. The highest BCUT2D eigenvalue weighted by atomic mass is 79.9. The Bertz CT molecular complexity index is 207. The number of hydrogen-bond acceptors (Lipinski definition) is 2. The predicted molar refractivity (Wildman–Crippen MR) is 45.0 cm³/mol. The Morgan fingerprint density at radius 3 is 2.80 bits per heavy atom. The molecule has 2 N–H and O–H groups in total. The Labute approximate surface area is 68.4 Å². The average Bonchev–Trinajstić information content (AvgIpc) is 2.13. The molecule has 0 saturated carbocycles. The van der Waals surface area contributed by atoms with Gasteiger partial charge < -0.3 is 10.3 Å². The van der Waals surface area contributed by atoms with Gasteiger partial charge in [-0.2, -0.15) is 0 Å². The van der Waals surface area contributed by atoms with E-state index in [9.17, 15) is 0 Å². The molecule has 1 rings (SSSR count). The molecule has 0 atom stereocenters. The lowest BCUT2D eigenvalue weighted by Crippen LogP contribution is -2.10. The first-order chi connectivity index (χ1) is 4.68. The van der Waals surface area contributed by atoms with Crippen molar-refractivity contribution >= 4 is 21.9 Å². The van der Waals surface area contributed by atoms with Crippen molar-refractivity contribution in [1.82, 2.24) is 9.97 Å². The van der Waals surface area contributed by atoms with Crippen molar-refractivity contribution in [2.75, 3.05) is 5.32 Å². The SMILES string of the molecule is CC(C)Nc1ncc(Br)[nH]1. The van der Waals surface area contributed by atoms with Crippen molar-refractivity contribution in [2.45, 2.75) is 19.9 Å². The Morgan fingerprint density at radius 2 is 2.40 bits per heavy atom. The van der Waals surface area contributed by atoms with Crippen LogP contribution in [0, 0.1) is 0 Å². The van der Waals surface area contributed by atoms with Crippen LogP contribution < -0.4 is 5.32 Å². The molecular formula is C6H10BrN3. The number of aromatic amines is 1. The summed E-state index contributed by atoms with van der Waals surface area (Å²) >= 11 is 3.26. The molecule has 4 heteroatoms. The van der Waals surface area contributed by atoms with Gasteiger partial charge in [-0.15, -0.1) is 0 Å². The molecule has 0 saturated heterocycles. The minimum atomic E-state index is 0.415. The molecule has 0 unspecified atom stereocenters. The highest BCUT2D eigenvalue weighted by molar-refractivity contribution is 9.10. The van der Waals surface area contributed by atoms with Crippen molar-refractivity contribution < 1.29 is 0 Å². The molecule has 0 radical (unpaired) electrons. The van der Waals surface area contributed by atoms with Gasteiger partial charge in [-0.05, 0) is 29.8 Å². The van der Waals surface area contributed by atoms with Crippen molar-refractivity contribution in [3.05, 3.63) is 10.8 Å². The van der Waals surface area contributed by atoms with E-state index in [0.717, 1.165) is 10.6 Å². The summed E-state index contributed by atoms with van der Waals surface area (Å²) in [7, 11) is 0. The number of nitrogens with zero attached hydrogens (tertiary/aromatic N) is 1. The van der Waals surface area contributed by atoms with Gasteiger partial charge in [0.1, 0.15) is 4.60 Å². The molecule has 0 spiro atoms. The van der Waals surface area contributed by atoms with Crippen LogP contribution in [0.3, 0.4) is 0 Å². The lowest BCUT2D eigenvalue weighted by molar-refractivity contribution is 0.881. The van der Waals surface area contributed by atoms with Crippen LogP contribution in [-0.4, -0.2) is 16.0 Å². The summed E-state index contributed by atoms with van der Waals surface area (Å²) in [5.41, 5.74) is 0. The largest absolute Gasteiger partial charge is 0.354 e. The summed E-state index contributed by atoms with van der Waals surface area (Å²) in [6, 6.07) is 0.415. The highest BCUT2D eigenvalue weighted by Crippen LogP contribution is 2.08. The highest BCUT2D eigenvalue weighted by Gasteiger charge is 1.97. The average molecular weight is 204 g/mol. The van der Waals surface area contributed by atoms with Gasteiger partial charge in [0.05, 0.1) is 6.20 Å². The standard InChI is InChI=1S/C6H10BrN3/c1-4(2)9-6-8-3-5(7)10-6/h3-4H,1-2H3,(H2,8,9,10). The summed E-state index contributed by atoms with van der Waals surface area (Å²) in [6.07, 6.45) is 1.73. The van der Waals surface area contributed by atoms with Crippen molar-refractivity contribution in [2.24, 2.45) is 0 Å². The maximum atomic E-state index is 4.04. The van der Waals surface area contributed by atoms with Crippen LogP contribution in [-0.2, 0) is 0 Å². The van der Waals surface area contributed by atoms with Crippen LogP contribution in [0.25, 0.3) is 0 Å². The lowest BCUT2D eigenvalue weighted by Gasteiger charge is -2.04. The zero-order valence-corrected chi connectivity index (χ0v) is 7.57. The number of nitrogens with one attached hydrogen (secondary N) is 2. The lowest BCUT2D eigenvalue weighted by atomic mass is 10.4. The fourth-order valence-electron chi connectivity index (χ4n) is 0.646. The Kier molecular flexibility index (Phi) is 2.32. The van der Waals surface area contributed by atoms with Crippen molar-refractivity contribution in [3.8, 4) is 0 Å².